The molecule has 0 aliphatic rings. The number of methoxy groups -OCH3 is 1. The van der Waals surface area contributed by atoms with Gasteiger partial charge in [-0.2, -0.15) is 0 Å². The van der Waals surface area contributed by atoms with Gasteiger partial charge in [-0.25, -0.2) is 0 Å². The largest absolute Gasteiger partial charge is 0.0622 e. The maximum Gasteiger partial charge on any atom is -0.0134 e. The van der Waals surface area contributed by atoms with Crippen molar-refractivity contribution in [3.63, 3.8) is 0 Å². The van der Waals surface area contributed by atoms with Crippen molar-refractivity contribution in [2.45, 2.75) is 0 Å². The van der Waals surface area contributed by atoms with Crippen molar-refractivity contribution >= 4 is 38.1 Å². The minimum atomic E-state index is -0.446. The molecule has 0 saturated carbocycles. The molecule has 3 rings (SSSR count). The van der Waals surface area contributed by atoms with Gasteiger partial charge in [0.1, 0.15) is 0 Å². The second kappa shape index (κ2) is 13.8. The van der Waals surface area contributed by atoms with Gasteiger partial charge in [0, 0.05) is 6.92 Å². The van der Waals surface area contributed by atoms with Crippen LogP contribution in [-0.2, 0) is 18.4 Å². The van der Waals surface area contributed by atoms with E-state index in [1.54, 1.807) is 0 Å². The summed E-state index contributed by atoms with van der Waals surface area (Å²) in [5.41, 5.74) is 0. The van der Waals surface area contributed by atoms with E-state index in [0.29, 0.717) is 5.76 Å². The third-order valence-corrected chi connectivity index (χ3v) is 5.78. The van der Waals surface area contributed by atoms with Crippen LogP contribution in [0.1, 0.15) is 0 Å². The minimum absolute atomic E-state index is 0.446. The van der Waals surface area contributed by atoms with Gasteiger partial charge in [-0.3, -0.25) is 0 Å². The maximum absolute atomic E-state index is 4.44. The van der Waals surface area contributed by atoms with E-state index in [-0.39, 0.29) is 0 Å². The SMILES string of the molecule is [CH2]C(=C)OC.[Ni][Br].c1ccc(P(c2ccccc2)c2ccccc2)cc1. The van der Waals surface area contributed by atoms with Crippen LogP contribution in [0.2, 0.25) is 0 Å². The number of hydrogen-bond acceptors (Lipinski definition) is 1. The zero-order valence-corrected chi connectivity index (χ0v) is 18.1. The first-order chi connectivity index (χ1) is 12.7. The molecule has 0 heterocycles. The van der Waals surface area contributed by atoms with Gasteiger partial charge < -0.3 is 4.74 Å². The van der Waals surface area contributed by atoms with Crippen molar-refractivity contribution in [3.8, 4) is 0 Å². The third-order valence-electron chi connectivity index (χ3n) is 3.33. The van der Waals surface area contributed by atoms with Crippen LogP contribution < -0.4 is 15.9 Å². The minimum Gasteiger partial charge on any atom is -0.0622 e. The number of rotatable bonds is 4. The molecule has 138 valence electrons. The Morgan fingerprint density at radius 3 is 1.15 bits per heavy atom. The van der Waals surface area contributed by atoms with Gasteiger partial charge in [0.05, 0.1) is 12.9 Å². The Morgan fingerprint density at radius 2 is 0.962 bits per heavy atom. The zero-order chi connectivity index (χ0) is 19.2. The van der Waals surface area contributed by atoms with Crippen LogP contribution in [0.3, 0.4) is 0 Å². The number of benzene rings is 3. The van der Waals surface area contributed by atoms with Crippen molar-refractivity contribution in [3.05, 3.63) is 110 Å². The van der Waals surface area contributed by atoms with Crippen LogP contribution in [0, 0.1) is 6.92 Å². The normalized spacial score (nSPS) is 9.31. The fraction of sp³-hybridized carbons (Fsp3) is 0.0455. The number of ether oxygens (including phenoxy) is 1. The van der Waals surface area contributed by atoms with Crippen molar-refractivity contribution < 1.29 is 18.4 Å². The molecule has 0 aliphatic heterocycles. The summed E-state index contributed by atoms with van der Waals surface area (Å²) in [5, 5.41) is 4.19. The molecule has 1 radical (unpaired) electrons. The van der Waals surface area contributed by atoms with Gasteiger partial charge in [0.25, 0.3) is 0 Å². The molecule has 26 heavy (non-hydrogen) atoms. The maximum atomic E-state index is 4.44. The van der Waals surface area contributed by atoms with E-state index in [1.165, 1.54) is 23.0 Å². The van der Waals surface area contributed by atoms with Crippen LogP contribution in [0.15, 0.2) is 103 Å². The molecule has 1 nitrogen and oxygen atoms in total. The molecular weight excluding hydrogens is 450 g/mol. The van der Waals surface area contributed by atoms with Crippen LogP contribution in [0.4, 0.5) is 0 Å². The van der Waals surface area contributed by atoms with E-state index in [1.807, 2.05) is 0 Å². The van der Waals surface area contributed by atoms with Crippen LogP contribution in [-0.4, -0.2) is 7.11 Å². The standard InChI is InChI=1S/C18H15P.C4H7O.BrH.Ni/c1-4-10-16(11-5-1)19(17-12-6-2-7-13-17)18-14-8-3-9-15-18;1-4(2)5-3;;/h1-15H;1-2H2,3H3;1H;/q;;;+1/p-1. The molecule has 0 spiro atoms. The van der Waals surface area contributed by atoms with Crippen molar-refractivity contribution in [1.82, 2.24) is 0 Å². The summed E-state index contributed by atoms with van der Waals surface area (Å²) < 4.78 is 4.44. The van der Waals surface area contributed by atoms with E-state index >= 15 is 0 Å². The molecule has 0 aromatic heterocycles. The van der Waals surface area contributed by atoms with Gasteiger partial charge in [0.15, 0.2) is 0 Å². The predicted molar refractivity (Wildman–Crippen MR) is 116 cm³/mol. The summed E-state index contributed by atoms with van der Waals surface area (Å²) in [7, 11) is 1.09. The first-order valence-electron chi connectivity index (χ1n) is 7.84. The summed E-state index contributed by atoms with van der Waals surface area (Å²) in [6.45, 7) is 6.68. The van der Waals surface area contributed by atoms with Crippen LogP contribution in [0.25, 0.3) is 0 Å². The van der Waals surface area contributed by atoms with E-state index in [9.17, 15) is 0 Å². The van der Waals surface area contributed by atoms with E-state index in [4.69, 9.17) is 0 Å². The number of hydrogen-bond donors (Lipinski definition) is 0. The third kappa shape index (κ3) is 7.87. The molecule has 3 aromatic carbocycles. The second-order valence-corrected chi connectivity index (χ2v) is 7.30. The monoisotopic (exact) mass is 470 g/mol. The molecule has 0 aliphatic carbocycles. The molecule has 0 atom stereocenters. The van der Waals surface area contributed by atoms with Gasteiger partial charge in [-0.1, -0.05) is 97.6 Å². The topological polar surface area (TPSA) is 9.23 Å². The Kier molecular flexibility index (Phi) is 12.0. The van der Waals surface area contributed by atoms with Crippen LogP contribution in [0.5, 0.6) is 0 Å². The molecule has 0 unspecified atom stereocenters. The number of allylic oxidation sites excluding steroid dienone is 1. The fourth-order valence-corrected chi connectivity index (χ4v) is 4.48. The molecule has 4 heteroatoms. The summed E-state index contributed by atoms with van der Waals surface area (Å²) in [4.78, 5) is 0. The molecular formula is C22H22BrNiOP. The smallest absolute Gasteiger partial charge is 0.0134 e. The van der Waals surface area contributed by atoms with E-state index in [0.717, 1.165) is 0 Å². The van der Waals surface area contributed by atoms with Crippen molar-refractivity contribution in [2.75, 3.05) is 7.11 Å². The Morgan fingerprint density at radius 1 is 0.731 bits per heavy atom. The first kappa shape index (κ1) is 22.6. The van der Waals surface area contributed by atoms with E-state index in [2.05, 4.69) is 137 Å². The Bertz CT molecular complexity index is 642. The van der Waals surface area contributed by atoms with Gasteiger partial charge >= 0.3 is 27.9 Å². The van der Waals surface area contributed by atoms with E-state index < -0.39 is 7.92 Å². The quantitative estimate of drug-likeness (QED) is 0.286. The average molecular weight is 472 g/mol. The average Bonchev–Trinajstić information content (AvgIpc) is 2.72. The molecule has 3 aromatic rings. The Labute approximate surface area is 173 Å². The summed E-state index contributed by atoms with van der Waals surface area (Å²) in [6, 6.07) is 32.3. The van der Waals surface area contributed by atoms with Gasteiger partial charge in [-0.15, -0.1) is 0 Å². The molecule has 0 fully saturated rings. The van der Waals surface area contributed by atoms with Gasteiger partial charge in [-0.05, 0) is 23.8 Å². The fourth-order valence-electron chi connectivity index (χ4n) is 2.18. The van der Waals surface area contributed by atoms with Crippen molar-refractivity contribution in [2.24, 2.45) is 0 Å². The second-order valence-electron chi connectivity index (χ2n) is 5.08. The Balaban J connectivity index is 0.000000420. The summed E-state index contributed by atoms with van der Waals surface area (Å²) >= 11 is 6.25. The summed E-state index contributed by atoms with van der Waals surface area (Å²) in [6.07, 6.45) is 0. The van der Waals surface area contributed by atoms with Crippen molar-refractivity contribution in [1.29, 1.82) is 0 Å². The Hall–Kier alpha value is -1.40. The molecule has 0 N–H and O–H groups in total. The summed E-state index contributed by atoms with van der Waals surface area (Å²) in [5.74, 6) is 0.505. The molecule has 0 amide bonds. The van der Waals surface area contributed by atoms with Gasteiger partial charge in [0.2, 0.25) is 0 Å². The van der Waals surface area contributed by atoms with Crippen LogP contribution >= 0.6 is 22.1 Å². The first-order valence-corrected chi connectivity index (χ1v) is 11.6. The predicted octanol–water partition coefficient (Wildman–Crippen LogP) is 5.27. The molecule has 0 saturated heterocycles. The number of halogens is 1. The molecule has 0 bridgehead atoms. The zero-order valence-electron chi connectivity index (χ0n) is 14.6.